The number of rotatable bonds is 7. The van der Waals surface area contributed by atoms with E-state index in [4.69, 9.17) is 0 Å². The van der Waals surface area contributed by atoms with Gasteiger partial charge in [0.1, 0.15) is 0 Å². The molecule has 0 unspecified atom stereocenters. The monoisotopic (exact) mass is 322 g/mol. The normalized spacial score (nSPS) is 10.6. The second kappa shape index (κ2) is 9.23. The van der Waals surface area contributed by atoms with E-state index < -0.39 is 10.0 Å². The molecule has 0 spiro atoms. The van der Waals surface area contributed by atoms with Gasteiger partial charge in [0.15, 0.2) is 0 Å². The fourth-order valence-electron chi connectivity index (χ4n) is 1.82. The Morgan fingerprint density at radius 1 is 1.27 bits per heavy atom. The van der Waals surface area contributed by atoms with Gasteiger partial charge in [-0.05, 0) is 18.6 Å². The summed E-state index contributed by atoms with van der Waals surface area (Å²) in [5, 5.41) is 0. The first-order chi connectivity index (χ1) is 10.4. The number of carbonyl (C=O) groups excluding carboxylic acids is 1. The van der Waals surface area contributed by atoms with Crippen LogP contribution in [0.3, 0.4) is 0 Å². The van der Waals surface area contributed by atoms with Crippen molar-refractivity contribution in [2.45, 2.75) is 19.8 Å². The van der Waals surface area contributed by atoms with Gasteiger partial charge in [-0.15, -0.1) is 0 Å². The second-order valence-corrected chi connectivity index (χ2v) is 6.73. The van der Waals surface area contributed by atoms with Crippen LogP contribution in [0.5, 0.6) is 0 Å². The molecule has 0 aliphatic rings. The molecule has 0 fully saturated rings. The van der Waals surface area contributed by atoms with E-state index in [9.17, 15) is 13.2 Å². The first-order valence-corrected chi connectivity index (χ1v) is 9.08. The van der Waals surface area contributed by atoms with E-state index in [0.29, 0.717) is 13.1 Å². The molecule has 0 saturated carbocycles. The smallest absolute Gasteiger partial charge is 0.224 e. The molecule has 0 aliphatic heterocycles. The molecule has 0 saturated heterocycles. The standard InChI is InChI=1S/C16H22N2O3S/c1-3-13-18(16(19)11-12-17-22(2,20)21)14-7-10-15-8-5-4-6-9-15/h4-6,8-9,17H,3,11-14H2,1-2H3. The minimum atomic E-state index is -3.26. The summed E-state index contributed by atoms with van der Waals surface area (Å²) in [7, 11) is -3.26. The number of hydrogen-bond donors (Lipinski definition) is 1. The van der Waals surface area contributed by atoms with Gasteiger partial charge in [0, 0.05) is 25.1 Å². The molecule has 0 aromatic heterocycles. The van der Waals surface area contributed by atoms with Crippen molar-refractivity contribution in [3.05, 3.63) is 35.9 Å². The van der Waals surface area contributed by atoms with E-state index in [1.54, 1.807) is 4.90 Å². The zero-order valence-electron chi connectivity index (χ0n) is 13.0. The summed E-state index contributed by atoms with van der Waals surface area (Å²) in [5.41, 5.74) is 0.908. The second-order valence-electron chi connectivity index (χ2n) is 4.90. The summed E-state index contributed by atoms with van der Waals surface area (Å²) in [6.45, 7) is 3.06. The summed E-state index contributed by atoms with van der Waals surface area (Å²) in [5.74, 6) is 5.91. The molecule has 1 rings (SSSR count). The minimum absolute atomic E-state index is 0.0969. The summed E-state index contributed by atoms with van der Waals surface area (Å²) >= 11 is 0. The Balaban J connectivity index is 2.54. The van der Waals surface area contributed by atoms with E-state index in [1.165, 1.54) is 0 Å². The highest BCUT2D eigenvalue weighted by atomic mass is 32.2. The number of nitrogens with zero attached hydrogens (tertiary/aromatic N) is 1. The van der Waals surface area contributed by atoms with Gasteiger partial charge in [0.25, 0.3) is 0 Å². The largest absolute Gasteiger partial charge is 0.332 e. The van der Waals surface area contributed by atoms with Crippen LogP contribution >= 0.6 is 0 Å². The molecule has 120 valence electrons. The summed E-state index contributed by atoms with van der Waals surface area (Å²) in [4.78, 5) is 13.7. The van der Waals surface area contributed by atoms with Gasteiger partial charge >= 0.3 is 0 Å². The third-order valence-electron chi connectivity index (χ3n) is 2.83. The van der Waals surface area contributed by atoms with Crippen molar-refractivity contribution in [2.24, 2.45) is 0 Å². The Kier molecular flexibility index (Phi) is 7.64. The summed E-state index contributed by atoms with van der Waals surface area (Å²) in [6, 6.07) is 9.57. The number of benzene rings is 1. The van der Waals surface area contributed by atoms with Gasteiger partial charge < -0.3 is 4.90 Å². The van der Waals surface area contributed by atoms with Crippen LogP contribution in [-0.2, 0) is 14.8 Å². The molecule has 6 heteroatoms. The van der Waals surface area contributed by atoms with Crippen molar-refractivity contribution in [3.8, 4) is 11.8 Å². The molecule has 0 atom stereocenters. The van der Waals surface area contributed by atoms with Crippen LogP contribution in [0.1, 0.15) is 25.3 Å². The third kappa shape index (κ3) is 7.81. The van der Waals surface area contributed by atoms with Crippen LogP contribution in [0, 0.1) is 11.8 Å². The highest BCUT2D eigenvalue weighted by Gasteiger charge is 2.12. The van der Waals surface area contributed by atoms with Gasteiger partial charge in [0.05, 0.1) is 12.8 Å². The molecule has 0 bridgehead atoms. The van der Waals surface area contributed by atoms with Crippen LogP contribution in [0.25, 0.3) is 0 Å². The van der Waals surface area contributed by atoms with E-state index in [-0.39, 0.29) is 18.9 Å². The topological polar surface area (TPSA) is 66.5 Å². The van der Waals surface area contributed by atoms with Crippen molar-refractivity contribution in [2.75, 3.05) is 25.9 Å². The Morgan fingerprint density at radius 2 is 1.95 bits per heavy atom. The van der Waals surface area contributed by atoms with Crippen molar-refractivity contribution in [1.29, 1.82) is 0 Å². The third-order valence-corrected chi connectivity index (χ3v) is 3.55. The van der Waals surface area contributed by atoms with Crippen molar-refractivity contribution >= 4 is 15.9 Å². The van der Waals surface area contributed by atoms with Crippen molar-refractivity contribution in [3.63, 3.8) is 0 Å². The molecule has 1 amide bonds. The molecule has 0 radical (unpaired) electrons. The molecule has 5 nitrogen and oxygen atoms in total. The zero-order chi connectivity index (χ0) is 16.4. The lowest BCUT2D eigenvalue weighted by molar-refractivity contribution is -0.130. The van der Waals surface area contributed by atoms with E-state index >= 15 is 0 Å². The number of nitrogens with one attached hydrogen (secondary N) is 1. The lowest BCUT2D eigenvalue weighted by atomic mass is 10.2. The van der Waals surface area contributed by atoms with Gasteiger partial charge in [-0.25, -0.2) is 13.1 Å². The predicted octanol–water partition coefficient (Wildman–Crippen LogP) is 1.22. The van der Waals surface area contributed by atoms with Crippen LogP contribution in [0.4, 0.5) is 0 Å². The average Bonchev–Trinajstić information content (AvgIpc) is 2.46. The Labute approximate surface area is 132 Å². The van der Waals surface area contributed by atoms with Crippen molar-refractivity contribution < 1.29 is 13.2 Å². The van der Waals surface area contributed by atoms with E-state index in [0.717, 1.165) is 18.2 Å². The summed E-state index contributed by atoms with van der Waals surface area (Å²) in [6.07, 6.45) is 2.05. The Hall–Kier alpha value is -1.84. The van der Waals surface area contributed by atoms with Gasteiger partial charge in [-0.1, -0.05) is 37.0 Å². The van der Waals surface area contributed by atoms with Gasteiger partial charge in [-0.3, -0.25) is 4.79 Å². The van der Waals surface area contributed by atoms with Crippen molar-refractivity contribution in [1.82, 2.24) is 9.62 Å². The molecule has 1 N–H and O–H groups in total. The molecular formula is C16H22N2O3S. The quantitative estimate of drug-likeness (QED) is 0.768. The predicted molar refractivity (Wildman–Crippen MR) is 87.7 cm³/mol. The summed E-state index contributed by atoms with van der Waals surface area (Å²) < 4.78 is 24.3. The van der Waals surface area contributed by atoms with Crippen LogP contribution in [0.2, 0.25) is 0 Å². The first kappa shape index (κ1) is 18.2. The highest BCUT2D eigenvalue weighted by Crippen LogP contribution is 1.98. The fourth-order valence-corrected chi connectivity index (χ4v) is 2.29. The van der Waals surface area contributed by atoms with E-state index in [2.05, 4.69) is 16.6 Å². The molecule has 1 aromatic rings. The molecule has 0 heterocycles. The molecule has 22 heavy (non-hydrogen) atoms. The highest BCUT2D eigenvalue weighted by molar-refractivity contribution is 7.88. The van der Waals surface area contributed by atoms with Crippen LogP contribution in [-0.4, -0.2) is 45.1 Å². The average molecular weight is 322 g/mol. The fraction of sp³-hybridized carbons (Fsp3) is 0.438. The maximum absolute atomic E-state index is 12.1. The first-order valence-electron chi connectivity index (χ1n) is 7.18. The lowest BCUT2D eigenvalue weighted by Gasteiger charge is -2.19. The molecular weight excluding hydrogens is 300 g/mol. The van der Waals surface area contributed by atoms with Gasteiger partial charge in [-0.2, -0.15) is 0 Å². The van der Waals surface area contributed by atoms with Crippen LogP contribution < -0.4 is 4.72 Å². The number of amides is 1. The zero-order valence-corrected chi connectivity index (χ0v) is 13.8. The molecule has 0 aliphatic carbocycles. The number of sulfonamides is 1. The maximum atomic E-state index is 12.1. The van der Waals surface area contributed by atoms with E-state index in [1.807, 2.05) is 37.3 Å². The number of hydrogen-bond acceptors (Lipinski definition) is 3. The Morgan fingerprint density at radius 3 is 2.55 bits per heavy atom. The SMILES string of the molecule is CCCN(CC#Cc1ccccc1)C(=O)CCNS(C)(=O)=O. The Bertz CT molecular complexity index is 630. The van der Waals surface area contributed by atoms with Gasteiger partial charge in [0.2, 0.25) is 15.9 Å². The molecule has 1 aromatic carbocycles. The van der Waals surface area contributed by atoms with Crippen LogP contribution in [0.15, 0.2) is 30.3 Å². The lowest BCUT2D eigenvalue weighted by Crippen LogP contribution is -2.35. The minimum Gasteiger partial charge on any atom is -0.332 e. The number of carbonyl (C=O) groups is 1. The maximum Gasteiger partial charge on any atom is 0.224 e.